The third-order valence-corrected chi connectivity index (χ3v) is 7.61. The molecule has 0 saturated carbocycles. The number of phosphoric ester groups is 1. The highest BCUT2D eigenvalue weighted by molar-refractivity contribution is 7.60. The van der Waals surface area contributed by atoms with Crippen molar-refractivity contribution in [3.63, 3.8) is 0 Å². The van der Waals surface area contributed by atoms with E-state index in [1.165, 1.54) is 17.7 Å². The van der Waals surface area contributed by atoms with Crippen LogP contribution in [0, 0.1) is 13.8 Å². The van der Waals surface area contributed by atoms with Crippen LogP contribution < -0.4 is 15.2 Å². The van der Waals surface area contributed by atoms with Gasteiger partial charge in [0.05, 0.1) is 17.0 Å². The van der Waals surface area contributed by atoms with E-state index in [2.05, 4.69) is 18.8 Å². The first kappa shape index (κ1) is 26.4. The first-order valence-corrected chi connectivity index (χ1v) is 12.4. The Morgan fingerprint density at radius 3 is 2.50 bits per heavy atom. The van der Waals surface area contributed by atoms with Crippen molar-refractivity contribution in [2.24, 2.45) is 0 Å². The quantitative estimate of drug-likeness (QED) is 0.119. The Labute approximate surface area is 184 Å². The van der Waals surface area contributed by atoms with E-state index in [1.54, 1.807) is 6.92 Å². The molecule has 2 unspecified atom stereocenters. The Kier molecular flexibility index (Phi) is 7.90. The molecule has 0 fully saturated rings. The number of aliphatic carboxylic acids is 1. The molecular formula is C14H20N4O11P2S. The fourth-order valence-electron chi connectivity index (χ4n) is 2.53. The van der Waals surface area contributed by atoms with Gasteiger partial charge in [-0.15, -0.1) is 0 Å². The molecule has 32 heavy (non-hydrogen) atoms. The number of hydrogen-bond acceptors (Lipinski definition) is 12. The number of phosphoric acid groups is 2. The minimum absolute atomic E-state index is 0.0904. The van der Waals surface area contributed by atoms with Gasteiger partial charge < -0.3 is 35.7 Å². The summed E-state index contributed by atoms with van der Waals surface area (Å²) in [4.78, 5) is 48.1. The van der Waals surface area contributed by atoms with Crippen LogP contribution >= 0.6 is 27.0 Å². The highest BCUT2D eigenvalue weighted by Gasteiger charge is 2.47. The molecule has 0 bridgehead atoms. The van der Waals surface area contributed by atoms with Crippen LogP contribution in [0.15, 0.2) is 6.20 Å². The van der Waals surface area contributed by atoms with E-state index in [0.717, 1.165) is 0 Å². The standard InChI is InChI=1S/C14H20N4O11P2S/c1-7-10(3-4-28-31(26,27)29-30(23,24)25)32-12(14(21,22)13(19)20)18(7)6-9-5-16-8(2)17-11(9)15/h5,21-22H,3-4,6H2,1-2H3,(H5-,15,16,17,19,20,23,24,25,26,27). The number of thiazole rings is 1. The predicted octanol–water partition coefficient (Wildman–Crippen LogP) is -1.57. The second kappa shape index (κ2) is 9.57. The molecule has 15 nitrogen and oxygen atoms in total. The lowest BCUT2D eigenvalue weighted by Crippen LogP contribution is -2.49. The zero-order chi connectivity index (χ0) is 24.5. The van der Waals surface area contributed by atoms with E-state index >= 15 is 0 Å². The van der Waals surface area contributed by atoms with Gasteiger partial charge in [0, 0.05) is 19.5 Å². The third kappa shape index (κ3) is 6.59. The normalized spacial score (nSPS) is 15.8. The van der Waals surface area contributed by atoms with Gasteiger partial charge in [0.1, 0.15) is 11.6 Å². The average molecular weight is 514 g/mol. The van der Waals surface area contributed by atoms with Crippen LogP contribution in [0.5, 0.6) is 0 Å². The summed E-state index contributed by atoms with van der Waals surface area (Å²) in [6, 6.07) is 0. The maximum Gasteiger partial charge on any atom is 0.478 e. The van der Waals surface area contributed by atoms with Crippen LogP contribution in [0.2, 0.25) is 0 Å². The van der Waals surface area contributed by atoms with Gasteiger partial charge in [0.2, 0.25) is 0 Å². The minimum Gasteiger partial charge on any atom is -0.756 e. The van der Waals surface area contributed by atoms with E-state index in [9.17, 15) is 39.0 Å². The number of aryl methyl sites for hydroxylation is 1. The lowest BCUT2D eigenvalue weighted by Gasteiger charge is -2.18. The highest BCUT2D eigenvalue weighted by Crippen LogP contribution is 2.55. The molecule has 0 aromatic carbocycles. The van der Waals surface area contributed by atoms with Gasteiger partial charge in [-0.1, -0.05) is 11.3 Å². The largest absolute Gasteiger partial charge is 0.756 e. The number of nitrogens with zero attached hydrogens (tertiary/aromatic N) is 3. The number of carbonyl (C=O) groups is 1. The van der Waals surface area contributed by atoms with Crippen molar-refractivity contribution in [1.82, 2.24) is 9.97 Å². The summed E-state index contributed by atoms with van der Waals surface area (Å²) in [5.74, 6) is -4.75. The number of aliphatic hydroxyl groups is 2. The Morgan fingerprint density at radius 1 is 1.34 bits per heavy atom. The number of nitrogens with two attached hydrogens (primary N) is 1. The maximum atomic E-state index is 11.5. The fraction of sp³-hybridized carbons (Fsp3) is 0.429. The van der Waals surface area contributed by atoms with Gasteiger partial charge in [-0.3, -0.25) is 9.09 Å². The number of carboxylic acids is 1. The van der Waals surface area contributed by atoms with Gasteiger partial charge in [-0.2, -0.15) is 4.57 Å². The summed E-state index contributed by atoms with van der Waals surface area (Å²) in [7, 11) is -10.7. The van der Waals surface area contributed by atoms with E-state index in [-0.39, 0.29) is 18.8 Å². The summed E-state index contributed by atoms with van der Waals surface area (Å²) in [6.45, 7) is 2.39. The molecule has 0 saturated heterocycles. The number of anilines is 1. The first-order valence-electron chi connectivity index (χ1n) is 8.54. The predicted molar refractivity (Wildman–Crippen MR) is 104 cm³/mol. The van der Waals surface area contributed by atoms with Crippen LogP contribution in [0.25, 0.3) is 0 Å². The molecule has 2 atom stereocenters. The smallest absolute Gasteiger partial charge is 0.478 e. The van der Waals surface area contributed by atoms with Gasteiger partial charge in [-0.05, 0) is 6.92 Å². The van der Waals surface area contributed by atoms with Crippen molar-refractivity contribution in [3.8, 4) is 0 Å². The maximum absolute atomic E-state index is 11.5. The number of carboxylic acid groups (broad SMARTS) is 1. The van der Waals surface area contributed by atoms with Crippen molar-refractivity contribution in [3.05, 3.63) is 33.2 Å². The summed E-state index contributed by atoms with van der Waals surface area (Å²) in [5, 5.41) is 29.0. The highest BCUT2D eigenvalue weighted by atomic mass is 32.1. The van der Waals surface area contributed by atoms with Crippen LogP contribution in [0.4, 0.5) is 5.82 Å². The molecule has 0 spiro atoms. The first-order chi connectivity index (χ1) is 14.5. The minimum atomic E-state index is -5.54. The zero-order valence-electron chi connectivity index (χ0n) is 16.6. The Hall–Kier alpha value is -1.84. The second-order valence-corrected chi connectivity index (χ2v) is 10.3. The molecule has 2 aromatic heterocycles. The average Bonchev–Trinajstić information content (AvgIpc) is 2.92. The lowest BCUT2D eigenvalue weighted by molar-refractivity contribution is -0.705. The monoisotopic (exact) mass is 514 g/mol. The molecule has 7 N–H and O–H groups in total. The van der Waals surface area contributed by atoms with E-state index in [1.807, 2.05) is 0 Å². The number of rotatable bonds is 10. The lowest BCUT2D eigenvalue weighted by atomic mass is 10.2. The molecule has 0 aliphatic carbocycles. The van der Waals surface area contributed by atoms with Crippen molar-refractivity contribution >= 4 is 38.8 Å². The van der Waals surface area contributed by atoms with Crippen LogP contribution in [-0.2, 0) is 41.5 Å². The molecular weight excluding hydrogens is 494 g/mol. The fourth-order valence-corrected chi connectivity index (χ4v) is 5.31. The number of aromatic nitrogens is 3. The Bertz CT molecular complexity index is 1120. The van der Waals surface area contributed by atoms with Crippen molar-refractivity contribution < 1.29 is 57.3 Å². The SMILES string of the molecule is Cc1ncc(C[n+]2c(C(O)(O)C(=O)O)sc(CCOP(=O)(O)OP(=O)([O-])O)c2C)c(N)n1. The van der Waals surface area contributed by atoms with Gasteiger partial charge >= 0.3 is 24.6 Å². The number of nitrogen functional groups attached to an aromatic ring is 1. The molecule has 0 amide bonds. The molecule has 0 aliphatic rings. The molecule has 18 heteroatoms. The van der Waals surface area contributed by atoms with Gasteiger partial charge in [0.25, 0.3) is 7.82 Å². The second-order valence-electron chi connectivity index (χ2n) is 6.41. The van der Waals surface area contributed by atoms with Crippen molar-refractivity contribution in [1.29, 1.82) is 0 Å². The van der Waals surface area contributed by atoms with E-state index in [0.29, 0.717) is 33.3 Å². The summed E-state index contributed by atoms with van der Waals surface area (Å²) in [5.41, 5.74) is 6.54. The topological polar surface area (TPSA) is 250 Å². The number of hydrogen-bond donors (Lipinski definition) is 6. The van der Waals surface area contributed by atoms with Crippen LogP contribution in [0.1, 0.15) is 27.0 Å². The van der Waals surface area contributed by atoms with Crippen LogP contribution in [-0.4, -0.2) is 47.7 Å². The summed E-state index contributed by atoms with van der Waals surface area (Å²) >= 11 is 0.656. The van der Waals surface area contributed by atoms with Gasteiger partial charge in [0.15, 0.2) is 12.2 Å². The molecule has 178 valence electrons. The van der Waals surface area contributed by atoms with E-state index in [4.69, 9.17) is 10.6 Å². The molecule has 0 aliphatic heterocycles. The van der Waals surface area contributed by atoms with Crippen molar-refractivity contribution in [2.45, 2.75) is 32.6 Å². The van der Waals surface area contributed by atoms with E-state index < -0.39 is 39.0 Å². The summed E-state index contributed by atoms with van der Waals surface area (Å²) in [6.07, 6.45) is 1.20. The zero-order valence-corrected chi connectivity index (χ0v) is 19.2. The molecule has 2 heterocycles. The molecule has 0 radical (unpaired) electrons. The van der Waals surface area contributed by atoms with Crippen LogP contribution in [0.3, 0.4) is 0 Å². The third-order valence-electron chi connectivity index (χ3n) is 4.01. The Morgan fingerprint density at radius 2 is 1.97 bits per heavy atom. The molecule has 2 aromatic rings. The van der Waals surface area contributed by atoms with Gasteiger partial charge in [-0.25, -0.2) is 23.6 Å². The molecule has 2 rings (SSSR count). The van der Waals surface area contributed by atoms with Crippen molar-refractivity contribution in [2.75, 3.05) is 12.3 Å². The Balaban J connectivity index is 2.36. The summed E-state index contributed by atoms with van der Waals surface area (Å²) < 4.78 is 31.4.